The number of hydrogen-bond donors (Lipinski definition) is 1. The van der Waals surface area contributed by atoms with Gasteiger partial charge < -0.3 is 15.1 Å². The molecule has 0 bridgehead atoms. The maximum absolute atomic E-state index is 12.6. The molecule has 2 aromatic rings. The van der Waals surface area contributed by atoms with Crippen molar-refractivity contribution in [1.29, 1.82) is 0 Å². The second-order valence-corrected chi connectivity index (χ2v) is 7.74. The number of nitrogens with zero attached hydrogens (tertiary/aromatic N) is 2. The van der Waals surface area contributed by atoms with Crippen LogP contribution < -0.4 is 10.2 Å². The van der Waals surface area contributed by atoms with Gasteiger partial charge in [-0.1, -0.05) is 24.3 Å². The molecule has 29 heavy (non-hydrogen) atoms. The highest BCUT2D eigenvalue weighted by Crippen LogP contribution is 2.29. The molecule has 1 heterocycles. The summed E-state index contributed by atoms with van der Waals surface area (Å²) < 4.78 is 0. The molecule has 1 fully saturated rings. The number of amides is 3. The van der Waals surface area contributed by atoms with Crippen LogP contribution in [0.3, 0.4) is 0 Å². The van der Waals surface area contributed by atoms with E-state index in [9.17, 15) is 14.4 Å². The number of carbonyl (C=O) groups is 3. The number of benzene rings is 2. The molecule has 0 spiro atoms. The predicted molar refractivity (Wildman–Crippen MR) is 113 cm³/mol. The number of carbonyl (C=O) groups excluding carboxylic acids is 3. The lowest BCUT2D eigenvalue weighted by molar-refractivity contribution is -0.126. The summed E-state index contributed by atoms with van der Waals surface area (Å²) in [5.74, 6) is -0.571. The van der Waals surface area contributed by atoms with Crippen molar-refractivity contribution in [2.75, 3.05) is 25.5 Å². The van der Waals surface area contributed by atoms with Crippen LogP contribution >= 0.6 is 0 Å². The molecule has 3 rings (SSSR count). The highest BCUT2D eigenvalue weighted by molar-refractivity contribution is 6.01. The SMILES string of the molecule is Cc1cccc(N2CC(C(=O)NCc3ccc(C(=O)N(C)C)cc3)CC2=O)c1C. The van der Waals surface area contributed by atoms with Crippen LogP contribution in [0.2, 0.25) is 0 Å². The maximum atomic E-state index is 12.6. The molecule has 3 amide bonds. The van der Waals surface area contributed by atoms with Crippen molar-refractivity contribution in [3.63, 3.8) is 0 Å². The minimum atomic E-state index is -0.364. The first-order chi connectivity index (χ1) is 13.8. The van der Waals surface area contributed by atoms with Gasteiger partial charge in [0.05, 0.1) is 5.92 Å². The van der Waals surface area contributed by atoms with E-state index >= 15 is 0 Å². The van der Waals surface area contributed by atoms with E-state index < -0.39 is 0 Å². The predicted octanol–water partition coefficient (Wildman–Crippen LogP) is 2.67. The first kappa shape index (κ1) is 20.6. The van der Waals surface area contributed by atoms with Gasteiger partial charge in [0.2, 0.25) is 11.8 Å². The largest absolute Gasteiger partial charge is 0.352 e. The van der Waals surface area contributed by atoms with E-state index in [1.165, 1.54) is 4.90 Å². The van der Waals surface area contributed by atoms with E-state index in [1.807, 2.05) is 44.2 Å². The molecule has 1 unspecified atom stereocenters. The molecule has 1 aliphatic rings. The van der Waals surface area contributed by atoms with E-state index in [0.717, 1.165) is 22.4 Å². The number of hydrogen-bond acceptors (Lipinski definition) is 3. The van der Waals surface area contributed by atoms with E-state index in [4.69, 9.17) is 0 Å². The summed E-state index contributed by atoms with van der Waals surface area (Å²) in [6, 6.07) is 13.1. The third-order valence-corrected chi connectivity index (χ3v) is 5.44. The molecule has 0 radical (unpaired) electrons. The van der Waals surface area contributed by atoms with Crippen molar-refractivity contribution in [3.05, 3.63) is 64.7 Å². The number of aryl methyl sites for hydroxylation is 1. The average molecular weight is 393 g/mol. The number of nitrogens with one attached hydrogen (secondary N) is 1. The van der Waals surface area contributed by atoms with Gasteiger partial charge in [-0.2, -0.15) is 0 Å². The van der Waals surface area contributed by atoms with Crippen molar-refractivity contribution in [1.82, 2.24) is 10.2 Å². The monoisotopic (exact) mass is 393 g/mol. The third kappa shape index (κ3) is 4.47. The van der Waals surface area contributed by atoms with Crippen molar-refractivity contribution in [3.8, 4) is 0 Å². The van der Waals surface area contributed by atoms with Crippen molar-refractivity contribution >= 4 is 23.4 Å². The number of rotatable bonds is 5. The summed E-state index contributed by atoms with van der Waals surface area (Å²) in [5, 5.41) is 2.92. The third-order valence-electron chi connectivity index (χ3n) is 5.44. The van der Waals surface area contributed by atoms with Crippen molar-refractivity contribution in [2.24, 2.45) is 5.92 Å². The van der Waals surface area contributed by atoms with Gasteiger partial charge in [0.1, 0.15) is 0 Å². The molecule has 152 valence electrons. The fraction of sp³-hybridized carbons (Fsp3) is 0.348. The molecule has 6 nitrogen and oxygen atoms in total. The van der Waals surface area contributed by atoms with Crippen LogP contribution in [0.25, 0.3) is 0 Å². The van der Waals surface area contributed by atoms with E-state index in [0.29, 0.717) is 18.7 Å². The van der Waals surface area contributed by atoms with E-state index in [-0.39, 0.29) is 30.1 Å². The van der Waals surface area contributed by atoms with Gasteiger partial charge in [-0.25, -0.2) is 0 Å². The Morgan fingerprint density at radius 2 is 1.79 bits per heavy atom. The van der Waals surface area contributed by atoms with E-state index in [1.54, 1.807) is 31.1 Å². The summed E-state index contributed by atoms with van der Waals surface area (Å²) in [7, 11) is 3.42. The van der Waals surface area contributed by atoms with Gasteiger partial charge in [0, 0.05) is 44.9 Å². The van der Waals surface area contributed by atoms with Crippen LogP contribution in [0.1, 0.15) is 33.5 Å². The highest BCUT2D eigenvalue weighted by atomic mass is 16.2. The Bertz CT molecular complexity index is 935. The van der Waals surface area contributed by atoms with Crippen LogP contribution in [-0.2, 0) is 16.1 Å². The minimum absolute atomic E-state index is 0.0228. The summed E-state index contributed by atoms with van der Waals surface area (Å²) in [6.45, 7) is 4.77. The molecule has 1 aliphatic heterocycles. The van der Waals surface area contributed by atoms with Gasteiger partial charge in [-0.05, 0) is 48.7 Å². The topological polar surface area (TPSA) is 69.7 Å². The van der Waals surface area contributed by atoms with Crippen LogP contribution in [0.4, 0.5) is 5.69 Å². The Kier molecular flexibility index (Phi) is 6.01. The van der Waals surface area contributed by atoms with Crippen molar-refractivity contribution < 1.29 is 14.4 Å². The fourth-order valence-corrected chi connectivity index (χ4v) is 3.50. The van der Waals surface area contributed by atoms with Crippen molar-refractivity contribution in [2.45, 2.75) is 26.8 Å². The van der Waals surface area contributed by atoms with Crippen LogP contribution in [0.15, 0.2) is 42.5 Å². The second-order valence-electron chi connectivity index (χ2n) is 7.74. The Morgan fingerprint density at radius 1 is 1.10 bits per heavy atom. The Hall–Kier alpha value is -3.15. The zero-order chi connectivity index (χ0) is 21.1. The molecule has 2 aromatic carbocycles. The Morgan fingerprint density at radius 3 is 2.45 bits per heavy atom. The smallest absolute Gasteiger partial charge is 0.253 e. The quantitative estimate of drug-likeness (QED) is 0.849. The van der Waals surface area contributed by atoms with E-state index in [2.05, 4.69) is 5.32 Å². The lowest BCUT2D eigenvalue weighted by atomic mass is 10.1. The van der Waals surface area contributed by atoms with Crippen LogP contribution in [0, 0.1) is 19.8 Å². The molecular formula is C23H27N3O3. The standard InChI is InChI=1S/C23H27N3O3/c1-15-6-5-7-20(16(15)2)26-14-19(12-21(26)27)22(28)24-13-17-8-10-18(11-9-17)23(29)25(3)4/h5-11,19H,12-14H2,1-4H3,(H,24,28). The summed E-state index contributed by atoms with van der Waals surface area (Å²) >= 11 is 0. The van der Waals surface area contributed by atoms with Gasteiger partial charge in [0.15, 0.2) is 0 Å². The molecule has 1 atom stereocenters. The Balaban J connectivity index is 1.60. The minimum Gasteiger partial charge on any atom is -0.352 e. The van der Waals surface area contributed by atoms with Gasteiger partial charge in [-0.3, -0.25) is 14.4 Å². The highest BCUT2D eigenvalue weighted by Gasteiger charge is 2.35. The summed E-state index contributed by atoms with van der Waals surface area (Å²) in [4.78, 5) is 40.3. The molecule has 1 N–H and O–H groups in total. The van der Waals surface area contributed by atoms with Crippen LogP contribution in [0.5, 0.6) is 0 Å². The zero-order valence-corrected chi connectivity index (χ0v) is 17.4. The molecule has 0 aliphatic carbocycles. The second kappa shape index (κ2) is 8.47. The van der Waals surface area contributed by atoms with Gasteiger partial charge >= 0.3 is 0 Å². The molecule has 1 saturated heterocycles. The fourth-order valence-electron chi connectivity index (χ4n) is 3.50. The van der Waals surface area contributed by atoms with Gasteiger partial charge in [-0.15, -0.1) is 0 Å². The molecule has 0 aromatic heterocycles. The first-order valence-electron chi connectivity index (χ1n) is 9.73. The lowest BCUT2D eigenvalue weighted by Gasteiger charge is -2.20. The first-order valence-corrected chi connectivity index (χ1v) is 9.73. The zero-order valence-electron chi connectivity index (χ0n) is 17.4. The normalized spacial score (nSPS) is 16.1. The average Bonchev–Trinajstić information content (AvgIpc) is 3.09. The van der Waals surface area contributed by atoms with Gasteiger partial charge in [0.25, 0.3) is 5.91 Å². The summed E-state index contributed by atoms with van der Waals surface area (Å²) in [6.07, 6.45) is 0.218. The van der Waals surface area contributed by atoms with Crippen LogP contribution in [-0.4, -0.2) is 43.3 Å². The summed E-state index contributed by atoms with van der Waals surface area (Å²) in [5.41, 5.74) is 4.58. The maximum Gasteiger partial charge on any atom is 0.253 e. The molecule has 0 saturated carbocycles. The molecule has 6 heteroatoms. The number of anilines is 1. The molecular weight excluding hydrogens is 366 g/mol. The lowest BCUT2D eigenvalue weighted by Crippen LogP contribution is -2.32. The Labute approximate surface area is 171 Å².